The maximum Gasteiger partial charge on any atom is 0.266 e. The van der Waals surface area contributed by atoms with Gasteiger partial charge in [0.1, 0.15) is 0 Å². The minimum absolute atomic E-state index is 0.0443. The van der Waals surface area contributed by atoms with Gasteiger partial charge in [0, 0.05) is 6.20 Å². The maximum absolute atomic E-state index is 12.5. The molecule has 0 spiro atoms. The molecule has 3 nitrogen and oxygen atoms in total. The summed E-state index contributed by atoms with van der Waals surface area (Å²) in [5.74, 6) is 0.259. The van der Waals surface area contributed by atoms with E-state index < -0.39 is 6.43 Å². The maximum atomic E-state index is 12.5. The Morgan fingerprint density at radius 2 is 2.33 bits per heavy atom. The van der Waals surface area contributed by atoms with Crippen LogP contribution >= 0.6 is 22.6 Å². The second-order valence-corrected chi connectivity index (χ2v) is 3.72. The predicted molar refractivity (Wildman–Crippen MR) is 57.8 cm³/mol. The fourth-order valence-corrected chi connectivity index (χ4v) is 1.99. The molecular formula is C9H7F2IN2O. The monoisotopic (exact) mass is 324 g/mol. The molecule has 0 radical (unpaired) electrons. The van der Waals surface area contributed by atoms with Crippen LogP contribution in [0.3, 0.4) is 0 Å². The molecule has 1 aromatic heterocycles. The van der Waals surface area contributed by atoms with Gasteiger partial charge in [-0.25, -0.2) is 8.78 Å². The predicted octanol–water partition coefficient (Wildman–Crippen LogP) is 2.70. The van der Waals surface area contributed by atoms with Crippen LogP contribution in [0.15, 0.2) is 6.20 Å². The number of nitriles is 1. The zero-order chi connectivity index (χ0) is 11.4. The Balaban J connectivity index is 3.27. The molecule has 0 unspecified atom stereocenters. The van der Waals surface area contributed by atoms with Gasteiger partial charge in [-0.3, -0.25) is 4.98 Å². The molecule has 1 aromatic rings. The molecule has 0 aliphatic heterocycles. The smallest absolute Gasteiger partial charge is 0.266 e. The summed E-state index contributed by atoms with van der Waals surface area (Å²) in [6.45, 7) is 0. The second-order valence-electron chi connectivity index (χ2n) is 2.64. The summed E-state index contributed by atoms with van der Waals surface area (Å²) in [5, 5.41) is 8.51. The Morgan fingerprint density at radius 1 is 1.67 bits per heavy atom. The van der Waals surface area contributed by atoms with Gasteiger partial charge in [-0.2, -0.15) is 5.26 Å². The lowest BCUT2D eigenvalue weighted by Crippen LogP contribution is -2.02. The van der Waals surface area contributed by atoms with Crippen molar-refractivity contribution in [2.75, 3.05) is 7.11 Å². The molecule has 15 heavy (non-hydrogen) atoms. The van der Waals surface area contributed by atoms with Crippen molar-refractivity contribution < 1.29 is 13.5 Å². The molecule has 6 heteroatoms. The van der Waals surface area contributed by atoms with Crippen LogP contribution in [0.2, 0.25) is 0 Å². The molecule has 80 valence electrons. The van der Waals surface area contributed by atoms with Crippen molar-refractivity contribution in [2.24, 2.45) is 0 Å². The number of rotatable bonds is 3. The SMILES string of the molecule is COc1c(CC#N)ncc(C(F)F)c1I. The number of pyridine rings is 1. The minimum atomic E-state index is -2.59. The van der Waals surface area contributed by atoms with Crippen molar-refractivity contribution in [2.45, 2.75) is 12.8 Å². The van der Waals surface area contributed by atoms with Gasteiger partial charge in [-0.15, -0.1) is 0 Å². The molecular weight excluding hydrogens is 317 g/mol. The van der Waals surface area contributed by atoms with E-state index in [9.17, 15) is 8.78 Å². The highest BCUT2D eigenvalue weighted by Crippen LogP contribution is 2.32. The highest BCUT2D eigenvalue weighted by Gasteiger charge is 2.18. The molecule has 0 aliphatic carbocycles. The number of methoxy groups -OCH3 is 1. The topological polar surface area (TPSA) is 45.9 Å². The van der Waals surface area contributed by atoms with Crippen LogP contribution < -0.4 is 4.74 Å². The molecule has 0 bridgehead atoms. The average Bonchev–Trinajstić information content (AvgIpc) is 2.18. The molecule has 0 saturated heterocycles. The van der Waals surface area contributed by atoms with Crippen LogP contribution in [0.25, 0.3) is 0 Å². The van der Waals surface area contributed by atoms with Crippen molar-refractivity contribution in [3.05, 3.63) is 21.0 Å². The number of alkyl halides is 2. The van der Waals surface area contributed by atoms with Crippen molar-refractivity contribution in [1.82, 2.24) is 4.98 Å². The van der Waals surface area contributed by atoms with Crippen LogP contribution in [0, 0.1) is 14.9 Å². The van der Waals surface area contributed by atoms with E-state index in [1.807, 2.05) is 6.07 Å². The fraction of sp³-hybridized carbons (Fsp3) is 0.333. The van der Waals surface area contributed by atoms with E-state index in [0.29, 0.717) is 9.26 Å². The summed E-state index contributed by atoms with van der Waals surface area (Å²) >= 11 is 1.77. The average molecular weight is 324 g/mol. The van der Waals surface area contributed by atoms with E-state index in [1.54, 1.807) is 22.6 Å². The van der Waals surface area contributed by atoms with Gasteiger partial charge in [0.05, 0.1) is 34.4 Å². The normalized spacial score (nSPS) is 10.1. The number of hydrogen-bond acceptors (Lipinski definition) is 3. The van der Waals surface area contributed by atoms with Gasteiger partial charge in [0.2, 0.25) is 0 Å². The molecule has 0 fully saturated rings. The number of ether oxygens (including phenoxy) is 1. The van der Waals surface area contributed by atoms with Crippen LogP contribution in [0.1, 0.15) is 17.7 Å². The zero-order valence-corrected chi connectivity index (χ0v) is 9.96. The molecule has 1 rings (SSSR count). The third kappa shape index (κ3) is 2.53. The molecule has 0 amide bonds. The van der Waals surface area contributed by atoms with Gasteiger partial charge in [0.25, 0.3) is 6.43 Å². The second kappa shape index (κ2) is 5.21. The first-order chi connectivity index (χ1) is 7.11. The largest absolute Gasteiger partial charge is 0.494 e. The van der Waals surface area contributed by atoms with E-state index >= 15 is 0 Å². The van der Waals surface area contributed by atoms with Crippen LogP contribution in [-0.4, -0.2) is 12.1 Å². The van der Waals surface area contributed by atoms with Gasteiger partial charge in [0.15, 0.2) is 5.75 Å². The van der Waals surface area contributed by atoms with Crippen molar-refractivity contribution in [3.63, 3.8) is 0 Å². The lowest BCUT2D eigenvalue weighted by molar-refractivity contribution is 0.149. The quantitative estimate of drug-likeness (QED) is 0.803. The fourth-order valence-electron chi connectivity index (χ4n) is 1.08. The molecule has 0 atom stereocenters. The standard InChI is InChI=1S/C9H7F2IN2O/c1-15-8-6(2-3-13)14-4-5(7(8)12)9(10)11/h4,9H,2H2,1H3. The van der Waals surface area contributed by atoms with Gasteiger partial charge >= 0.3 is 0 Å². The van der Waals surface area contributed by atoms with E-state index in [4.69, 9.17) is 10.00 Å². The molecule has 0 aliphatic rings. The summed E-state index contributed by atoms with van der Waals surface area (Å²) in [7, 11) is 1.37. The van der Waals surface area contributed by atoms with E-state index in [0.717, 1.165) is 6.20 Å². The van der Waals surface area contributed by atoms with Gasteiger partial charge in [-0.05, 0) is 22.6 Å². The van der Waals surface area contributed by atoms with Gasteiger partial charge < -0.3 is 4.74 Å². The summed E-state index contributed by atoms with van der Waals surface area (Å²) in [6, 6.07) is 1.90. The third-order valence-corrected chi connectivity index (χ3v) is 2.87. The lowest BCUT2D eigenvalue weighted by atomic mass is 10.2. The van der Waals surface area contributed by atoms with Crippen LogP contribution in [-0.2, 0) is 6.42 Å². The van der Waals surface area contributed by atoms with Crippen molar-refractivity contribution in [1.29, 1.82) is 5.26 Å². The zero-order valence-electron chi connectivity index (χ0n) is 7.80. The first-order valence-corrected chi connectivity index (χ1v) is 5.06. The molecule has 0 N–H and O–H groups in total. The first-order valence-electron chi connectivity index (χ1n) is 3.98. The van der Waals surface area contributed by atoms with E-state index in [1.165, 1.54) is 7.11 Å². The van der Waals surface area contributed by atoms with Crippen LogP contribution in [0.5, 0.6) is 5.75 Å². The Hall–Kier alpha value is -0.970. The minimum Gasteiger partial charge on any atom is -0.494 e. The Bertz CT molecular complexity index is 404. The Labute approximate surface area is 99.2 Å². The summed E-state index contributed by atoms with van der Waals surface area (Å²) in [5.41, 5.74) is 0.211. The van der Waals surface area contributed by atoms with Crippen LogP contribution in [0.4, 0.5) is 8.78 Å². The number of aromatic nitrogens is 1. The molecule has 0 saturated carbocycles. The van der Waals surface area contributed by atoms with Gasteiger partial charge in [-0.1, -0.05) is 0 Å². The molecule has 0 aromatic carbocycles. The van der Waals surface area contributed by atoms with Crippen molar-refractivity contribution in [3.8, 4) is 11.8 Å². The molecule has 1 heterocycles. The lowest BCUT2D eigenvalue weighted by Gasteiger charge is -2.10. The van der Waals surface area contributed by atoms with E-state index in [-0.39, 0.29) is 17.7 Å². The third-order valence-electron chi connectivity index (χ3n) is 1.76. The highest BCUT2D eigenvalue weighted by molar-refractivity contribution is 14.1. The summed E-state index contributed by atoms with van der Waals surface area (Å²) < 4.78 is 30.3. The number of halogens is 3. The highest BCUT2D eigenvalue weighted by atomic mass is 127. The van der Waals surface area contributed by atoms with E-state index in [2.05, 4.69) is 4.98 Å². The van der Waals surface area contributed by atoms with Crippen molar-refractivity contribution >= 4 is 22.6 Å². The Morgan fingerprint density at radius 3 is 2.80 bits per heavy atom. The summed E-state index contributed by atoms with van der Waals surface area (Å²) in [6.07, 6.45) is -1.46. The number of hydrogen-bond donors (Lipinski definition) is 0. The number of nitrogens with zero attached hydrogens (tertiary/aromatic N) is 2. The first kappa shape index (κ1) is 12.1. The Kier molecular flexibility index (Phi) is 4.20. The summed E-state index contributed by atoms with van der Waals surface area (Å²) in [4.78, 5) is 3.79.